The maximum absolute atomic E-state index is 4.42. The Kier molecular flexibility index (Phi) is 2.71. The van der Waals surface area contributed by atoms with Crippen LogP contribution in [0, 0.1) is 0 Å². The summed E-state index contributed by atoms with van der Waals surface area (Å²) in [6, 6.07) is 0. The lowest BCUT2D eigenvalue weighted by molar-refractivity contribution is 0.965. The second kappa shape index (κ2) is 4.16. The molecule has 0 saturated carbocycles. The molecule has 0 radical (unpaired) electrons. The molecule has 5 heteroatoms. The molecule has 0 fully saturated rings. The molecule has 5 nitrogen and oxygen atoms in total. The molecule has 0 aromatic carbocycles. The molecule has 0 unspecified atom stereocenters. The van der Waals surface area contributed by atoms with Crippen LogP contribution in [0.1, 0.15) is 13.3 Å². The van der Waals surface area contributed by atoms with Crippen molar-refractivity contribution in [2.45, 2.75) is 13.3 Å². The summed E-state index contributed by atoms with van der Waals surface area (Å²) < 4.78 is 1.96. The monoisotopic (exact) mass is 205 g/mol. The number of rotatable bonds is 4. The van der Waals surface area contributed by atoms with E-state index in [0.717, 1.165) is 30.2 Å². The van der Waals surface area contributed by atoms with Gasteiger partial charge in [-0.05, 0) is 6.42 Å². The fraction of sp³-hybridized carbons (Fsp3) is 0.400. The number of nitrogens with one attached hydrogen (secondary N) is 2. The molecule has 80 valence electrons. The van der Waals surface area contributed by atoms with Gasteiger partial charge in [0.1, 0.15) is 5.82 Å². The SMILES string of the molecule is CCCNc1nc(NC)cn2ccnc12. The number of fused-ring (bicyclic) bond motifs is 1. The van der Waals surface area contributed by atoms with Gasteiger partial charge >= 0.3 is 0 Å². The Bertz CT molecular complexity index is 448. The number of hydrogen-bond donors (Lipinski definition) is 2. The van der Waals surface area contributed by atoms with E-state index in [1.165, 1.54) is 0 Å². The standard InChI is InChI=1S/C10H15N5/c1-3-4-12-9-10-13-5-6-15(10)7-8(11-2)14-9/h5-7,11H,3-4H2,1-2H3,(H,12,14). The van der Waals surface area contributed by atoms with Gasteiger partial charge < -0.3 is 15.0 Å². The third kappa shape index (κ3) is 1.86. The summed E-state index contributed by atoms with van der Waals surface area (Å²) in [7, 11) is 1.86. The second-order valence-corrected chi connectivity index (χ2v) is 3.31. The van der Waals surface area contributed by atoms with Crippen LogP contribution < -0.4 is 10.6 Å². The van der Waals surface area contributed by atoms with Crippen LogP contribution in [-0.4, -0.2) is 28.0 Å². The van der Waals surface area contributed by atoms with Gasteiger partial charge in [-0.3, -0.25) is 0 Å². The molecular formula is C10H15N5. The Hall–Kier alpha value is -1.78. The lowest BCUT2D eigenvalue weighted by Gasteiger charge is -2.08. The van der Waals surface area contributed by atoms with Crippen molar-refractivity contribution in [3.8, 4) is 0 Å². The van der Waals surface area contributed by atoms with E-state index in [1.807, 2.05) is 23.8 Å². The first kappa shape index (κ1) is 9.76. The van der Waals surface area contributed by atoms with E-state index in [9.17, 15) is 0 Å². The highest BCUT2D eigenvalue weighted by Gasteiger charge is 2.05. The molecule has 0 spiro atoms. The van der Waals surface area contributed by atoms with Crippen molar-refractivity contribution in [1.29, 1.82) is 0 Å². The molecule has 0 aliphatic heterocycles. The smallest absolute Gasteiger partial charge is 0.180 e. The van der Waals surface area contributed by atoms with Gasteiger partial charge in [-0.2, -0.15) is 0 Å². The average molecular weight is 205 g/mol. The molecular weight excluding hydrogens is 190 g/mol. The van der Waals surface area contributed by atoms with Crippen molar-refractivity contribution >= 4 is 17.3 Å². The molecule has 2 aromatic heterocycles. The zero-order valence-electron chi connectivity index (χ0n) is 8.99. The Morgan fingerprint density at radius 2 is 2.33 bits per heavy atom. The maximum Gasteiger partial charge on any atom is 0.180 e. The third-order valence-electron chi connectivity index (χ3n) is 2.17. The van der Waals surface area contributed by atoms with E-state index in [2.05, 4.69) is 27.5 Å². The van der Waals surface area contributed by atoms with E-state index in [-0.39, 0.29) is 0 Å². The summed E-state index contributed by atoms with van der Waals surface area (Å²) in [5.74, 6) is 1.66. The van der Waals surface area contributed by atoms with Crippen molar-refractivity contribution < 1.29 is 0 Å². The Balaban J connectivity index is 2.43. The van der Waals surface area contributed by atoms with Crippen LogP contribution in [0.3, 0.4) is 0 Å². The predicted octanol–water partition coefficient (Wildman–Crippen LogP) is 1.59. The zero-order chi connectivity index (χ0) is 10.7. The summed E-state index contributed by atoms with van der Waals surface area (Å²) in [4.78, 5) is 8.68. The zero-order valence-corrected chi connectivity index (χ0v) is 8.99. The van der Waals surface area contributed by atoms with Crippen LogP contribution in [0.15, 0.2) is 18.6 Å². The highest BCUT2D eigenvalue weighted by molar-refractivity contribution is 5.65. The second-order valence-electron chi connectivity index (χ2n) is 3.31. The van der Waals surface area contributed by atoms with E-state index >= 15 is 0 Å². The largest absolute Gasteiger partial charge is 0.372 e. The number of hydrogen-bond acceptors (Lipinski definition) is 4. The quantitative estimate of drug-likeness (QED) is 0.796. The van der Waals surface area contributed by atoms with Crippen molar-refractivity contribution in [2.24, 2.45) is 0 Å². The van der Waals surface area contributed by atoms with E-state index in [0.29, 0.717) is 0 Å². The van der Waals surface area contributed by atoms with Gasteiger partial charge in [0.15, 0.2) is 11.5 Å². The Morgan fingerprint density at radius 1 is 1.47 bits per heavy atom. The summed E-state index contributed by atoms with van der Waals surface area (Å²) in [6.45, 7) is 3.03. The number of nitrogens with zero attached hydrogens (tertiary/aromatic N) is 3. The van der Waals surface area contributed by atoms with Gasteiger partial charge in [-0.1, -0.05) is 6.92 Å². The first-order chi connectivity index (χ1) is 7.35. The minimum Gasteiger partial charge on any atom is -0.372 e. The first-order valence-corrected chi connectivity index (χ1v) is 5.10. The number of imidazole rings is 1. The first-order valence-electron chi connectivity index (χ1n) is 5.10. The summed E-state index contributed by atoms with van der Waals surface area (Å²) in [5.41, 5.74) is 0.863. The van der Waals surface area contributed by atoms with Gasteiger partial charge in [-0.15, -0.1) is 0 Å². The van der Waals surface area contributed by atoms with Gasteiger partial charge in [-0.25, -0.2) is 9.97 Å². The van der Waals surface area contributed by atoms with Crippen molar-refractivity contribution in [2.75, 3.05) is 24.2 Å². The topological polar surface area (TPSA) is 54.2 Å². The van der Waals surface area contributed by atoms with Crippen LogP contribution in [0.2, 0.25) is 0 Å². The fourth-order valence-corrected chi connectivity index (χ4v) is 1.41. The van der Waals surface area contributed by atoms with Crippen LogP contribution in [-0.2, 0) is 0 Å². The van der Waals surface area contributed by atoms with E-state index in [4.69, 9.17) is 0 Å². The molecule has 15 heavy (non-hydrogen) atoms. The number of anilines is 2. The molecule has 2 N–H and O–H groups in total. The van der Waals surface area contributed by atoms with Crippen LogP contribution in [0.5, 0.6) is 0 Å². The highest BCUT2D eigenvalue weighted by Crippen LogP contribution is 2.15. The molecule has 0 aliphatic rings. The maximum atomic E-state index is 4.42. The van der Waals surface area contributed by atoms with E-state index in [1.54, 1.807) is 6.20 Å². The van der Waals surface area contributed by atoms with Crippen LogP contribution >= 0.6 is 0 Å². The normalized spacial score (nSPS) is 10.5. The van der Waals surface area contributed by atoms with Crippen LogP contribution in [0.25, 0.3) is 5.65 Å². The van der Waals surface area contributed by atoms with Crippen molar-refractivity contribution in [3.63, 3.8) is 0 Å². The molecule has 2 aromatic rings. The minimum atomic E-state index is 0.828. The molecule has 2 rings (SSSR count). The lowest BCUT2D eigenvalue weighted by atomic mass is 10.4. The van der Waals surface area contributed by atoms with Gasteiger partial charge in [0.05, 0.1) is 6.20 Å². The third-order valence-corrected chi connectivity index (χ3v) is 2.17. The Morgan fingerprint density at radius 3 is 3.07 bits per heavy atom. The molecule has 0 aliphatic carbocycles. The summed E-state index contributed by atoms with van der Waals surface area (Å²) >= 11 is 0. The molecule has 0 amide bonds. The highest BCUT2D eigenvalue weighted by atomic mass is 15.1. The molecule has 0 bridgehead atoms. The number of aromatic nitrogens is 3. The Labute approximate surface area is 88.5 Å². The minimum absolute atomic E-state index is 0.828. The summed E-state index contributed by atoms with van der Waals surface area (Å²) in [5, 5.41) is 6.29. The van der Waals surface area contributed by atoms with Crippen molar-refractivity contribution in [1.82, 2.24) is 14.4 Å². The van der Waals surface area contributed by atoms with Crippen molar-refractivity contribution in [3.05, 3.63) is 18.6 Å². The molecule has 0 saturated heterocycles. The fourth-order valence-electron chi connectivity index (χ4n) is 1.41. The predicted molar refractivity (Wildman–Crippen MR) is 61.3 cm³/mol. The van der Waals surface area contributed by atoms with Gasteiger partial charge in [0.25, 0.3) is 0 Å². The van der Waals surface area contributed by atoms with Gasteiger partial charge in [0, 0.05) is 26.0 Å². The van der Waals surface area contributed by atoms with E-state index < -0.39 is 0 Å². The van der Waals surface area contributed by atoms with Gasteiger partial charge in [0.2, 0.25) is 0 Å². The lowest BCUT2D eigenvalue weighted by Crippen LogP contribution is -2.06. The average Bonchev–Trinajstić information content (AvgIpc) is 2.73. The molecule has 2 heterocycles. The molecule has 0 atom stereocenters. The van der Waals surface area contributed by atoms with Crippen LogP contribution in [0.4, 0.5) is 11.6 Å². The summed E-state index contributed by atoms with van der Waals surface area (Å²) in [6.07, 6.45) is 6.67.